The molecule has 21 heavy (non-hydrogen) atoms. The van der Waals surface area contributed by atoms with Crippen LogP contribution in [0.15, 0.2) is 18.2 Å². The normalized spacial score (nSPS) is 16.9. The summed E-state index contributed by atoms with van der Waals surface area (Å²) in [7, 11) is 0. The quantitative estimate of drug-likeness (QED) is 0.838. The molecule has 0 N–H and O–H groups in total. The lowest BCUT2D eigenvalue weighted by Gasteiger charge is -2.32. The second-order valence-electron chi connectivity index (χ2n) is 5.25. The second kappa shape index (κ2) is 5.95. The third-order valence-corrected chi connectivity index (χ3v) is 3.77. The zero-order valence-corrected chi connectivity index (χ0v) is 12.0. The van der Waals surface area contributed by atoms with Crippen LogP contribution in [0.5, 0.6) is 5.75 Å². The first-order valence-electron chi connectivity index (χ1n) is 6.88. The van der Waals surface area contributed by atoms with Crippen molar-refractivity contribution in [2.45, 2.75) is 39.0 Å². The maximum Gasteiger partial charge on any atom is 0.416 e. The monoisotopic (exact) mass is 301 g/mol. The largest absolute Gasteiger partial charge is 0.490 e. The predicted molar refractivity (Wildman–Crippen MR) is 72.1 cm³/mol. The van der Waals surface area contributed by atoms with Gasteiger partial charge in [-0.2, -0.15) is 13.2 Å². The maximum atomic E-state index is 12.8. The Morgan fingerprint density at radius 3 is 2.43 bits per heavy atom. The molecule has 1 aliphatic heterocycles. The zero-order chi connectivity index (χ0) is 15.6. The number of likely N-dealkylation sites (tertiary alicyclic amines) is 1. The highest BCUT2D eigenvalue weighted by Gasteiger charge is 2.33. The fourth-order valence-corrected chi connectivity index (χ4v) is 2.52. The first kappa shape index (κ1) is 15.7. The van der Waals surface area contributed by atoms with Crippen molar-refractivity contribution in [2.75, 3.05) is 13.1 Å². The highest BCUT2D eigenvalue weighted by molar-refractivity contribution is 5.73. The van der Waals surface area contributed by atoms with Crippen LogP contribution in [0.1, 0.15) is 30.9 Å². The van der Waals surface area contributed by atoms with Crippen LogP contribution in [0, 0.1) is 6.92 Å². The van der Waals surface area contributed by atoms with Crippen LogP contribution in [0.25, 0.3) is 0 Å². The number of hydrogen-bond acceptors (Lipinski definition) is 2. The number of amides is 1. The summed E-state index contributed by atoms with van der Waals surface area (Å²) in [5, 5.41) is 0. The SMILES string of the molecule is CC(=O)N1CCC(Oc2cccc(C(F)(F)F)c2C)CC1. The molecule has 116 valence electrons. The van der Waals surface area contributed by atoms with E-state index in [9.17, 15) is 18.0 Å². The van der Waals surface area contributed by atoms with Crippen LogP contribution in [0.4, 0.5) is 13.2 Å². The van der Waals surface area contributed by atoms with E-state index < -0.39 is 11.7 Å². The summed E-state index contributed by atoms with van der Waals surface area (Å²) in [4.78, 5) is 13.0. The van der Waals surface area contributed by atoms with Gasteiger partial charge in [-0.25, -0.2) is 0 Å². The van der Waals surface area contributed by atoms with Crippen LogP contribution in [-0.2, 0) is 11.0 Å². The Balaban J connectivity index is 2.06. The molecule has 1 saturated heterocycles. The van der Waals surface area contributed by atoms with Crippen molar-refractivity contribution in [1.29, 1.82) is 0 Å². The van der Waals surface area contributed by atoms with E-state index in [0.29, 0.717) is 25.9 Å². The van der Waals surface area contributed by atoms with Crippen LogP contribution >= 0.6 is 0 Å². The molecule has 0 aliphatic carbocycles. The molecule has 0 saturated carbocycles. The number of ether oxygens (including phenoxy) is 1. The topological polar surface area (TPSA) is 29.5 Å². The summed E-state index contributed by atoms with van der Waals surface area (Å²) in [5.74, 6) is 0.287. The molecule has 1 amide bonds. The van der Waals surface area contributed by atoms with Gasteiger partial charge in [0.2, 0.25) is 5.91 Å². The molecule has 0 unspecified atom stereocenters. The third kappa shape index (κ3) is 3.68. The Kier molecular flexibility index (Phi) is 4.44. The first-order chi connectivity index (χ1) is 9.79. The van der Waals surface area contributed by atoms with Gasteiger partial charge in [-0.1, -0.05) is 6.07 Å². The number of alkyl halides is 3. The number of piperidine rings is 1. The van der Waals surface area contributed by atoms with E-state index in [4.69, 9.17) is 4.74 Å². The Labute approximate surface area is 121 Å². The molecule has 1 aromatic rings. The van der Waals surface area contributed by atoms with Crippen LogP contribution < -0.4 is 4.74 Å². The number of carbonyl (C=O) groups excluding carboxylic acids is 1. The highest BCUT2D eigenvalue weighted by Crippen LogP contribution is 2.36. The number of halogens is 3. The fourth-order valence-electron chi connectivity index (χ4n) is 2.52. The van der Waals surface area contributed by atoms with Crippen molar-refractivity contribution in [3.63, 3.8) is 0 Å². The summed E-state index contributed by atoms with van der Waals surface area (Å²) < 4.78 is 44.3. The molecule has 3 nitrogen and oxygen atoms in total. The van der Waals surface area contributed by atoms with Gasteiger partial charge in [-0.3, -0.25) is 4.79 Å². The van der Waals surface area contributed by atoms with Crippen LogP contribution in [0.2, 0.25) is 0 Å². The molecular weight excluding hydrogens is 283 g/mol. The van der Waals surface area contributed by atoms with Gasteiger partial charge in [-0.05, 0) is 19.1 Å². The molecule has 0 aromatic heterocycles. The van der Waals surface area contributed by atoms with Crippen molar-refractivity contribution >= 4 is 5.91 Å². The fraction of sp³-hybridized carbons (Fsp3) is 0.533. The maximum absolute atomic E-state index is 12.8. The minimum absolute atomic E-state index is 0.0173. The van der Waals surface area contributed by atoms with Gasteiger partial charge in [0, 0.05) is 38.4 Å². The Morgan fingerprint density at radius 2 is 1.90 bits per heavy atom. The Bertz CT molecular complexity index is 520. The molecular formula is C15H18F3NO2. The van der Waals surface area contributed by atoms with Gasteiger partial charge in [0.05, 0.1) is 5.56 Å². The third-order valence-electron chi connectivity index (χ3n) is 3.77. The van der Waals surface area contributed by atoms with E-state index in [1.165, 1.54) is 19.9 Å². The Hall–Kier alpha value is -1.72. The minimum atomic E-state index is -4.37. The predicted octanol–water partition coefficient (Wildman–Crippen LogP) is 3.40. The van der Waals surface area contributed by atoms with Crippen molar-refractivity contribution in [2.24, 2.45) is 0 Å². The molecule has 0 atom stereocenters. The van der Waals surface area contributed by atoms with Gasteiger partial charge in [0.25, 0.3) is 0 Å². The molecule has 0 bridgehead atoms. The molecule has 1 aliphatic rings. The standard InChI is InChI=1S/C15H18F3NO2/c1-10-13(15(16,17)18)4-3-5-14(10)21-12-6-8-19(9-7-12)11(2)20/h3-5,12H,6-9H2,1-2H3. The van der Waals surface area contributed by atoms with E-state index in [2.05, 4.69) is 0 Å². The zero-order valence-electron chi connectivity index (χ0n) is 12.0. The lowest BCUT2D eigenvalue weighted by molar-refractivity contribution is -0.138. The number of hydrogen-bond donors (Lipinski definition) is 0. The lowest BCUT2D eigenvalue weighted by atomic mass is 10.1. The van der Waals surface area contributed by atoms with E-state index in [1.54, 1.807) is 11.0 Å². The highest BCUT2D eigenvalue weighted by atomic mass is 19.4. The summed E-state index contributed by atoms with van der Waals surface area (Å²) in [6.45, 7) is 4.09. The lowest BCUT2D eigenvalue weighted by Crippen LogP contribution is -2.40. The summed E-state index contributed by atoms with van der Waals surface area (Å²) in [5.41, 5.74) is -0.555. The molecule has 0 spiro atoms. The van der Waals surface area contributed by atoms with E-state index in [1.807, 2.05) is 0 Å². The van der Waals surface area contributed by atoms with Gasteiger partial charge in [0.1, 0.15) is 11.9 Å². The average molecular weight is 301 g/mol. The van der Waals surface area contributed by atoms with Crippen LogP contribution in [-0.4, -0.2) is 30.0 Å². The first-order valence-corrected chi connectivity index (χ1v) is 6.88. The smallest absolute Gasteiger partial charge is 0.416 e. The van der Waals surface area contributed by atoms with Crippen molar-refractivity contribution < 1.29 is 22.7 Å². The minimum Gasteiger partial charge on any atom is -0.490 e. The molecule has 0 radical (unpaired) electrons. The molecule has 1 heterocycles. The van der Waals surface area contributed by atoms with E-state index in [0.717, 1.165) is 6.07 Å². The van der Waals surface area contributed by atoms with Crippen molar-refractivity contribution in [1.82, 2.24) is 4.90 Å². The van der Waals surface area contributed by atoms with Crippen LogP contribution in [0.3, 0.4) is 0 Å². The van der Waals surface area contributed by atoms with Crippen molar-refractivity contribution in [3.8, 4) is 5.75 Å². The average Bonchev–Trinajstić information content (AvgIpc) is 2.40. The van der Waals surface area contributed by atoms with Gasteiger partial charge >= 0.3 is 6.18 Å². The molecule has 1 fully saturated rings. The van der Waals surface area contributed by atoms with Gasteiger partial charge < -0.3 is 9.64 Å². The molecule has 1 aromatic carbocycles. The molecule has 6 heteroatoms. The number of carbonyl (C=O) groups is 1. The summed E-state index contributed by atoms with van der Waals surface area (Å²) in [6, 6.07) is 3.97. The van der Waals surface area contributed by atoms with Gasteiger partial charge in [0.15, 0.2) is 0 Å². The Morgan fingerprint density at radius 1 is 1.29 bits per heavy atom. The number of nitrogens with zero attached hydrogens (tertiary/aromatic N) is 1. The van der Waals surface area contributed by atoms with E-state index >= 15 is 0 Å². The second-order valence-corrected chi connectivity index (χ2v) is 5.25. The number of rotatable bonds is 2. The molecule has 2 rings (SSSR count). The summed E-state index contributed by atoms with van der Waals surface area (Å²) >= 11 is 0. The summed E-state index contributed by atoms with van der Waals surface area (Å²) in [6.07, 6.45) is -3.26. The number of benzene rings is 1. The van der Waals surface area contributed by atoms with E-state index in [-0.39, 0.29) is 23.3 Å². The van der Waals surface area contributed by atoms with Crippen molar-refractivity contribution in [3.05, 3.63) is 29.3 Å². The van der Waals surface area contributed by atoms with Gasteiger partial charge in [-0.15, -0.1) is 0 Å².